The number of guanidine groups is 1. The van der Waals surface area contributed by atoms with Crippen LogP contribution >= 0.6 is 0 Å². The van der Waals surface area contributed by atoms with Gasteiger partial charge >= 0.3 is 0 Å². The lowest BCUT2D eigenvalue weighted by Gasteiger charge is -2.21. The van der Waals surface area contributed by atoms with Crippen LogP contribution in [0.4, 0.5) is 11.4 Å². The first-order chi connectivity index (χ1) is 13.0. The van der Waals surface area contributed by atoms with Crippen LogP contribution in [0.5, 0.6) is 0 Å². The number of nitro benzene ring substituents is 1. The number of non-ortho nitro benzene ring substituents is 1. The largest absolute Gasteiger partial charge is 0.383 e. The number of benzene rings is 1. The Morgan fingerprint density at radius 3 is 2.44 bits per heavy atom. The van der Waals surface area contributed by atoms with Crippen LogP contribution in [0, 0.1) is 10.1 Å². The van der Waals surface area contributed by atoms with Crippen LogP contribution in [0.1, 0.15) is 33.6 Å². The van der Waals surface area contributed by atoms with Crippen LogP contribution in [-0.4, -0.2) is 61.6 Å². The Balaban J connectivity index is 2.24. The van der Waals surface area contributed by atoms with Gasteiger partial charge in [-0.25, -0.2) is 0 Å². The summed E-state index contributed by atoms with van der Waals surface area (Å²) in [5, 5.41) is 20.6. The molecule has 8 heteroatoms. The fourth-order valence-electron chi connectivity index (χ4n) is 2.75. The summed E-state index contributed by atoms with van der Waals surface area (Å²) in [5.74, 6) is 0.788. The van der Waals surface area contributed by atoms with Gasteiger partial charge in [-0.1, -0.05) is 13.8 Å². The molecule has 0 aliphatic heterocycles. The molecule has 0 saturated carbocycles. The summed E-state index contributed by atoms with van der Waals surface area (Å²) in [7, 11) is 1.77. The molecule has 0 aromatic heterocycles. The number of anilines is 1. The second kappa shape index (κ2) is 12.9. The van der Waals surface area contributed by atoms with Crippen LogP contribution < -0.4 is 16.0 Å². The molecule has 0 heterocycles. The van der Waals surface area contributed by atoms with Crippen LogP contribution in [0.15, 0.2) is 29.3 Å². The predicted molar refractivity (Wildman–Crippen MR) is 113 cm³/mol. The standard InChI is InChI=1S/C19H34N6O2/c1-5-24(6-2)15-7-8-16(3)23-19(20-4)22-14-13-21-17-9-11-18(12-10-17)25(26)27/h9-12,16,21H,5-8,13-15H2,1-4H3,(H2,20,22,23). The van der Waals surface area contributed by atoms with Crippen LogP contribution in [0.2, 0.25) is 0 Å². The van der Waals surface area contributed by atoms with E-state index in [2.05, 4.69) is 46.6 Å². The molecule has 0 fully saturated rings. The van der Waals surface area contributed by atoms with Crippen molar-refractivity contribution < 1.29 is 4.92 Å². The Kier molecular flexibility index (Phi) is 10.9. The van der Waals surface area contributed by atoms with Gasteiger partial charge in [0, 0.05) is 44.0 Å². The number of hydrogen-bond acceptors (Lipinski definition) is 5. The molecule has 1 aromatic carbocycles. The lowest BCUT2D eigenvalue weighted by atomic mass is 10.2. The van der Waals surface area contributed by atoms with Gasteiger partial charge in [0.25, 0.3) is 5.69 Å². The summed E-state index contributed by atoms with van der Waals surface area (Å²) < 4.78 is 0. The molecule has 1 aromatic rings. The van der Waals surface area contributed by atoms with Gasteiger partial charge in [0.05, 0.1) is 4.92 Å². The maximum atomic E-state index is 10.7. The van der Waals surface area contributed by atoms with Gasteiger partial charge in [0.1, 0.15) is 0 Å². The Bertz CT molecular complexity index is 572. The van der Waals surface area contributed by atoms with Gasteiger partial charge < -0.3 is 20.9 Å². The van der Waals surface area contributed by atoms with Gasteiger partial charge in [-0.05, 0) is 51.5 Å². The van der Waals surface area contributed by atoms with E-state index in [-0.39, 0.29) is 5.69 Å². The summed E-state index contributed by atoms with van der Waals surface area (Å²) in [4.78, 5) is 16.9. The van der Waals surface area contributed by atoms with Crippen molar-refractivity contribution in [2.45, 2.75) is 39.7 Å². The van der Waals surface area contributed by atoms with E-state index in [0.717, 1.165) is 44.1 Å². The molecule has 0 amide bonds. The van der Waals surface area contributed by atoms with Gasteiger partial charge in [-0.2, -0.15) is 0 Å². The summed E-state index contributed by atoms with van der Waals surface area (Å²) in [6, 6.07) is 6.77. The number of hydrogen-bond donors (Lipinski definition) is 3. The number of aliphatic imine (C=N–C) groups is 1. The van der Waals surface area contributed by atoms with Crippen molar-refractivity contribution in [1.29, 1.82) is 0 Å². The van der Waals surface area contributed by atoms with E-state index in [4.69, 9.17) is 0 Å². The summed E-state index contributed by atoms with van der Waals surface area (Å²) in [5.41, 5.74) is 0.952. The minimum atomic E-state index is -0.399. The van der Waals surface area contributed by atoms with E-state index in [1.807, 2.05) is 0 Å². The van der Waals surface area contributed by atoms with Gasteiger partial charge in [-0.15, -0.1) is 0 Å². The molecular weight excluding hydrogens is 344 g/mol. The molecule has 0 aliphatic rings. The normalized spacial score (nSPS) is 12.7. The first-order valence-corrected chi connectivity index (χ1v) is 9.68. The van der Waals surface area contributed by atoms with E-state index < -0.39 is 4.92 Å². The second-order valence-corrected chi connectivity index (χ2v) is 6.44. The summed E-state index contributed by atoms with van der Waals surface area (Å²) in [6.07, 6.45) is 2.26. The first-order valence-electron chi connectivity index (χ1n) is 9.68. The van der Waals surface area contributed by atoms with E-state index in [1.165, 1.54) is 12.1 Å². The van der Waals surface area contributed by atoms with E-state index in [0.29, 0.717) is 19.1 Å². The number of nitrogens with zero attached hydrogens (tertiary/aromatic N) is 3. The third-order valence-electron chi connectivity index (χ3n) is 4.44. The monoisotopic (exact) mass is 378 g/mol. The van der Waals surface area contributed by atoms with Crippen LogP contribution in [0.25, 0.3) is 0 Å². The fraction of sp³-hybridized carbons (Fsp3) is 0.632. The van der Waals surface area contributed by atoms with Crippen molar-refractivity contribution in [3.05, 3.63) is 34.4 Å². The highest BCUT2D eigenvalue weighted by Gasteiger charge is 2.07. The van der Waals surface area contributed by atoms with E-state index >= 15 is 0 Å². The Hall–Kier alpha value is -2.35. The van der Waals surface area contributed by atoms with Gasteiger partial charge in [0.15, 0.2) is 5.96 Å². The minimum Gasteiger partial charge on any atom is -0.383 e. The molecular formula is C19H34N6O2. The smallest absolute Gasteiger partial charge is 0.269 e. The molecule has 1 rings (SSSR count). The van der Waals surface area contributed by atoms with E-state index in [1.54, 1.807) is 19.2 Å². The predicted octanol–water partition coefficient (Wildman–Crippen LogP) is 2.68. The van der Waals surface area contributed by atoms with Crippen molar-refractivity contribution in [2.24, 2.45) is 4.99 Å². The molecule has 0 aliphatic carbocycles. The first kappa shape index (κ1) is 22.7. The minimum absolute atomic E-state index is 0.0956. The molecule has 0 bridgehead atoms. The lowest BCUT2D eigenvalue weighted by molar-refractivity contribution is -0.384. The molecule has 27 heavy (non-hydrogen) atoms. The second-order valence-electron chi connectivity index (χ2n) is 6.44. The van der Waals surface area contributed by atoms with Gasteiger partial charge in [0.2, 0.25) is 0 Å². The highest BCUT2D eigenvalue weighted by atomic mass is 16.6. The highest BCUT2D eigenvalue weighted by molar-refractivity contribution is 5.79. The third-order valence-corrected chi connectivity index (χ3v) is 4.44. The topological polar surface area (TPSA) is 94.8 Å². The van der Waals surface area contributed by atoms with Crippen molar-refractivity contribution in [3.63, 3.8) is 0 Å². The zero-order chi connectivity index (χ0) is 20.1. The number of rotatable bonds is 12. The Morgan fingerprint density at radius 1 is 1.22 bits per heavy atom. The highest BCUT2D eigenvalue weighted by Crippen LogP contribution is 2.14. The maximum Gasteiger partial charge on any atom is 0.269 e. The molecule has 1 atom stereocenters. The average molecular weight is 379 g/mol. The molecule has 1 unspecified atom stereocenters. The zero-order valence-corrected chi connectivity index (χ0v) is 17.0. The van der Waals surface area contributed by atoms with Gasteiger partial charge in [-0.3, -0.25) is 15.1 Å². The maximum absolute atomic E-state index is 10.7. The molecule has 0 spiro atoms. The SMILES string of the molecule is CCN(CC)CCCC(C)NC(=NC)NCCNc1ccc([N+](=O)[O-])cc1. The third kappa shape index (κ3) is 9.23. The van der Waals surface area contributed by atoms with Crippen molar-refractivity contribution in [2.75, 3.05) is 45.1 Å². The average Bonchev–Trinajstić information content (AvgIpc) is 2.68. The van der Waals surface area contributed by atoms with Crippen molar-refractivity contribution in [3.8, 4) is 0 Å². The molecule has 0 radical (unpaired) electrons. The van der Waals surface area contributed by atoms with E-state index in [9.17, 15) is 10.1 Å². The molecule has 3 N–H and O–H groups in total. The zero-order valence-electron chi connectivity index (χ0n) is 17.0. The van der Waals surface area contributed by atoms with Crippen LogP contribution in [-0.2, 0) is 0 Å². The molecule has 0 saturated heterocycles. The summed E-state index contributed by atoms with van der Waals surface area (Å²) in [6.45, 7) is 11.3. The lowest BCUT2D eigenvalue weighted by Crippen LogP contribution is -2.43. The Labute approximate surface area is 162 Å². The number of nitro groups is 1. The Morgan fingerprint density at radius 2 is 1.89 bits per heavy atom. The van der Waals surface area contributed by atoms with Crippen LogP contribution in [0.3, 0.4) is 0 Å². The number of nitrogens with one attached hydrogen (secondary N) is 3. The fourth-order valence-corrected chi connectivity index (χ4v) is 2.75. The molecule has 152 valence electrons. The van der Waals surface area contributed by atoms with Crippen molar-refractivity contribution >= 4 is 17.3 Å². The van der Waals surface area contributed by atoms with Crippen molar-refractivity contribution in [1.82, 2.24) is 15.5 Å². The summed E-state index contributed by atoms with van der Waals surface area (Å²) >= 11 is 0. The quantitative estimate of drug-likeness (QED) is 0.170. The molecule has 8 nitrogen and oxygen atoms in total.